The SMILES string of the molecule is Cc1ccc(CN(CCc2ccccc2)C(=O)CN(CCN2CCCC2)C(=O)CCc2ccccc2)o1. The minimum absolute atomic E-state index is 0.0354. The summed E-state index contributed by atoms with van der Waals surface area (Å²) < 4.78 is 5.79. The Bertz CT molecular complexity index is 1110. The van der Waals surface area contributed by atoms with Crippen molar-refractivity contribution in [1.82, 2.24) is 14.7 Å². The first-order chi connectivity index (χ1) is 18.1. The third kappa shape index (κ3) is 8.60. The van der Waals surface area contributed by atoms with Crippen LogP contribution in [0, 0.1) is 6.92 Å². The molecule has 0 aliphatic carbocycles. The Morgan fingerprint density at radius 2 is 1.43 bits per heavy atom. The van der Waals surface area contributed by atoms with Gasteiger partial charge < -0.3 is 19.1 Å². The molecule has 6 heteroatoms. The van der Waals surface area contributed by atoms with Gasteiger partial charge >= 0.3 is 0 Å². The standard InChI is InChI=1S/C31H39N3O3/c1-26-14-16-29(37-26)24-33(21-18-28-12-6-3-7-13-28)31(36)25-34(23-22-32-19-8-9-20-32)30(35)17-15-27-10-4-2-5-11-27/h2-7,10-14,16H,8-9,15,17-25H2,1H3. The highest BCUT2D eigenvalue weighted by Crippen LogP contribution is 2.13. The van der Waals surface area contributed by atoms with Crippen molar-refractivity contribution in [3.8, 4) is 0 Å². The van der Waals surface area contributed by atoms with Crippen molar-refractivity contribution in [3.05, 3.63) is 95.4 Å². The smallest absolute Gasteiger partial charge is 0.242 e. The number of hydrogen-bond donors (Lipinski definition) is 0. The van der Waals surface area contributed by atoms with Crippen LogP contribution in [-0.4, -0.2) is 65.8 Å². The van der Waals surface area contributed by atoms with E-state index in [0.29, 0.717) is 32.5 Å². The van der Waals surface area contributed by atoms with Gasteiger partial charge in [0.05, 0.1) is 13.1 Å². The van der Waals surface area contributed by atoms with Crippen LogP contribution >= 0.6 is 0 Å². The molecule has 0 unspecified atom stereocenters. The highest BCUT2D eigenvalue weighted by molar-refractivity contribution is 5.85. The van der Waals surface area contributed by atoms with Crippen molar-refractivity contribution in [2.45, 2.75) is 45.6 Å². The monoisotopic (exact) mass is 501 g/mol. The minimum Gasteiger partial charge on any atom is -0.464 e. The molecule has 1 aliphatic rings. The topological polar surface area (TPSA) is 57.0 Å². The molecule has 4 rings (SSSR count). The first kappa shape index (κ1) is 26.7. The molecular formula is C31H39N3O3. The number of aryl methyl sites for hydroxylation is 2. The predicted octanol–water partition coefficient (Wildman–Crippen LogP) is 4.72. The van der Waals surface area contributed by atoms with Crippen molar-refractivity contribution in [3.63, 3.8) is 0 Å². The molecule has 2 amide bonds. The van der Waals surface area contributed by atoms with Crippen molar-refractivity contribution < 1.29 is 14.0 Å². The van der Waals surface area contributed by atoms with Gasteiger partial charge in [0.15, 0.2) is 0 Å². The van der Waals surface area contributed by atoms with E-state index in [1.807, 2.05) is 72.5 Å². The molecule has 1 aromatic heterocycles. The second-order valence-electron chi connectivity index (χ2n) is 9.91. The molecule has 0 bridgehead atoms. The lowest BCUT2D eigenvalue weighted by Crippen LogP contribution is -2.45. The zero-order chi connectivity index (χ0) is 25.9. The van der Waals surface area contributed by atoms with E-state index in [1.54, 1.807) is 4.90 Å². The van der Waals surface area contributed by atoms with Crippen molar-refractivity contribution in [2.75, 3.05) is 39.3 Å². The average molecular weight is 502 g/mol. The number of nitrogens with zero attached hydrogens (tertiary/aromatic N) is 3. The lowest BCUT2D eigenvalue weighted by atomic mass is 10.1. The molecule has 0 saturated carbocycles. The Balaban J connectivity index is 1.43. The molecule has 2 aromatic carbocycles. The van der Waals surface area contributed by atoms with Crippen LogP contribution in [0.5, 0.6) is 0 Å². The molecule has 0 spiro atoms. The van der Waals surface area contributed by atoms with E-state index >= 15 is 0 Å². The second kappa shape index (κ2) is 13.8. The summed E-state index contributed by atoms with van der Waals surface area (Å²) in [5.41, 5.74) is 2.32. The van der Waals surface area contributed by atoms with Crippen LogP contribution in [0.2, 0.25) is 0 Å². The highest BCUT2D eigenvalue weighted by atomic mass is 16.3. The number of benzene rings is 2. The zero-order valence-corrected chi connectivity index (χ0v) is 22.0. The van der Waals surface area contributed by atoms with Crippen LogP contribution in [0.25, 0.3) is 0 Å². The zero-order valence-electron chi connectivity index (χ0n) is 22.0. The molecule has 0 atom stereocenters. The van der Waals surface area contributed by atoms with Gasteiger partial charge in [-0.25, -0.2) is 0 Å². The van der Waals surface area contributed by atoms with E-state index in [1.165, 1.54) is 18.4 Å². The predicted molar refractivity (Wildman–Crippen MR) is 146 cm³/mol. The van der Waals surface area contributed by atoms with Gasteiger partial charge in [-0.1, -0.05) is 60.7 Å². The van der Waals surface area contributed by atoms with Crippen molar-refractivity contribution in [2.24, 2.45) is 0 Å². The Labute approximate surface area is 220 Å². The summed E-state index contributed by atoms with van der Waals surface area (Å²) in [5, 5.41) is 0. The summed E-state index contributed by atoms with van der Waals surface area (Å²) in [7, 11) is 0. The van der Waals surface area contributed by atoms with Crippen LogP contribution in [0.4, 0.5) is 0 Å². The number of rotatable bonds is 13. The van der Waals surface area contributed by atoms with E-state index in [4.69, 9.17) is 4.42 Å². The lowest BCUT2D eigenvalue weighted by molar-refractivity contribution is -0.141. The molecule has 0 radical (unpaired) electrons. The maximum absolute atomic E-state index is 13.6. The van der Waals surface area contributed by atoms with Gasteiger partial charge in [-0.2, -0.15) is 0 Å². The molecule has 1 saturated heterocycles. The summed E-state index contributed by atoms with van der Waals surface area (Å²) >= 11 is 0. The largest absolute Gasteiger partial charge is 0.464 e. The molecule has 1 fully saturated rings. The number of hydrogen-bond acceptors (Lipinski definition) is 4. The van der Waals surface area contributed by atoms with Gasteiger partial charge in [0.1, 0.15) is 11.5 Å². The minimum atomic E-state index is -0.0422. The molecule has 2 heterocycles. The fourth-order valence-corrected chi connectivity index (χ4v) is 4.84. The fraction of sp³-hybridized carbons (Fsp3) is 0.419. The van der Waals surface area contributed by atoms with Crippen molar-refractivity contribution >= 4 is 11.8 Å². The molecule has 37 heavy (non-hydrogen) atoms. The maximum Gasteiger partial charge on any atom is 0.242 e. The summed E-state index contributed by atoms with van der Waals surface area (Å²) in [4.78, 5) is 33.0. The number of amides is 2. The van der Waals surface area contributed by atoms with Gasteiger partial charge in [-0.15, -0.1) is 0 Å². The third-order valence-electron chi connectivity index (χ3n) is 7.04. The molecule has 3 aromatic rings. The lowest BCUT2D eigenvalue weighted by Gasteiger charge is -2.29. The van der Waals surface area contributed by atoms with E-state index in [9.17, 15) is 9.59 Å². The summed E-state index contributed by atoms with van der Waals surface area (Å²) in [6.45, 7) is 6.50. The maximum atomic E-state index is 13.6. The van der Waals surface area contributed by atoms with E-state index in [-0.39, 0.29) is 18.4 Å². The molecule has 0 N–H and O–H groups in total. The number of furan rings is 1. The van der Waals surface area contributed by atoms with E-state index < -0.39 is 0 Å². The van der Waals surface area contributed by atoms with Crippen LogP contribution in [0.3, 0.4) is 0 Å². The second-order valence-corrected chi connectivity index (χ2v) is 9.91. The Morgan fingerprint density at radius 1 is 0.784 bits per heavy atom. The molecule has 196 valence electrons. The first-order valence-electron chi connectivity index (χ1n) is 13.5. The number of carbonyl (C=O) groups is 2. The Hall–Kier alpha value is -3.38. The van der Waals surface area contributed by atoms with Gasteiger partial charge in [0, 0.05) is 26.1 Å². The van der Waals surface area contributed by atoms with Gasteiger partial charge in [-0.3, -0.25) is 9.59 Å². The first-order valence-corrected chi connectivity index (χ1v) is 13.5. The number of carbonyl (C=O) groups excluding carboxylic acids is 2. The normalized spacial score (nSPS) is 13.5. The summed E-state index contributed by atoms with van der Waals surface area (Å²) in [6.07, 6.45) is 4.24. The quantitative estimate of drug-likeness (QED) is 0.340. The summed E-state index contributed by atoms with van der Waals surface area (Å²) in [6, 6.07) is 24.1. The van der Waals surface area contributed by atoms with Crippen LogP contribution in [0.1, 0.15) is 41.9 Å². The third-order valence-corrected chi connectivity index (χ3v) is 7.04. The molecular weight excluding hydrogens is 462 g/mol. The highest BCUT2D eigenvalue weighted by Gasteiger charge is 2.23. The Morgan fingerprint density at radius 3 is 2.05 bits per heavy atom. The molecule has 6 nitrogen and oxygen atoms in total. The number of likely N-dealkylation sites (tertiary alicyclic amines) is 1. The van der Waals surface area contributed by atoms with Crippen LogP contribution in [-0.2, 0) is 29.0 Å². The summed E-state index contributed by atoms with van der Waals surface area (Å²) in [5.74, 6) is 1.58. The van der Waals surface area contributed by atoms with E-state index in [2.05, 4.69) is 17.0 Å². The molecule has 1 aliphatic heterocycles. The van der Waals surface area contributed by atoms with Gasteiger partial charge in [0.25, 0.3) is 0 Å². The van der Waals surface area contributed by atoms with E-state index in [0.717, 1.165) is 43.1 Å². The fourth-order valence-electron chi connectivity index (χ4n) is 4.84. The van der Waals surface area contributed by atoms with Crippen LogP contribution < -0.4 is 0 Å². The van der Waals surface area contributed by atoms with Crippen LogP contribution in [0.15, 0.2) is 77.2 Å². The van der Waals surface area contributed by atoms with Gasteiger partial charge in [0.2, 0.25) is 11.8 Å². The Kier molecular flexibility index (Phi) is 9.95. The average Bonchev–Trinajstić information content (AvgIpc) is 3.60. The van der Waals surface area contributed by atoms with Crippen molar-refractivity contribution in [1.29, 1.82) is 0 Å². The van der Waals surface area contributed by atoms with Gasteiger partial charge in [-0.05, 0) is 69.0 Å².